The molecule has 1 aliphatic heterocycles. The fraction of sp³-hybridized carbons (Fsp3) is 0.438. The normalized spacial score (nSPS) is 30.3. The average Bonchev–Trinajstić information content (AvgIpc) is 2.56. The minimum Gasteiger partial charge on any atom is -0.493 e. The third-order valence-corrected chi connectivity index (χ3v) is 3.66. The van der Waals surface area contributed by atoms with Gasteiger partial charge in [0, 0.05) is 6.08 Å². The Morgan fingerprint density at radius 1 is 1.17 bits per heavy atom. The number of methoxy groups -OCH3 is 1. The maximum atomic E-state index is 10.5. The van der Waals surface area contributed by atoms with Gasteiger partial charge in [-0.3, -0.25) is 0 Å². The highest BCUT2D eigenvalue weighted by Gasteiger charge is 2.43. The van der Waals surface area contributed by atoms with Crippen LogP contribution in [-0.2, 0) is 9.53 Å². The van der Waals surface area contributed by atoms with Gasteiger partial charge in [-0.2, -0.15) is 0 Å². The summed E-state index contributed by atoms with van der Waals surface area (Å²) < 4.78 is 16.1. The average molecular weight is 340 g/mol. The lowest BCUT2D eigenvalue weighted by Crippen LogP contribution is -2.58. The molecule has 1 aliphatic rings. The molecule has 24 heavy (non-hydrogen) atoms. The smallest absolute Gasteiger partial charge is 0.328 e. The Morgan fingerprint density at radius 2 is 1.88 bits per heavy atom. The van der Waals surface area contributed by atoms with Crippen molar-refractivity contribution in [1.82, 2.24) is 0 Å². The SMILES string of the molecule is COc1cc(C=CC(=O)O)ccc1OC1OC(C)C(O)C(O)C1O. The summed E-state index contributed by atoms with van der Waals surface area (Å²) >= 11 is 0. The van der Waals surface area contributed by atoms with E-state index in [1.807, 2.05) is 0 Å². The number of hydrogen-bond donors (Lipinski definition) is 4. The van der Waals surface area contributed by atoms with Crippen LogP contribution in [0.5, 0.6) is 11.5 Å². The van der Waals surface area contributed by atoms with Crippen molar-refractivity contribution >= 4 is 12.0 Å². The first-order chi connectivity index (χ1) is 11.3. The van der Waals surface area contributed by atoms with Crippen LogP contribution in [0.25, 0.3) is 6.08 Å². The van der Waals surface area contributed by atoms with Gasteiger partial charge < -0.3 is 34.6 Å². The number of ether oxygens (including phenoxy) is 3. The van der Waals surface area contributed by atoms with Crippen molar-refractivity contribution in [3.8, 4) is 11.5 Å². The molecule has 0 aromatic heterocycles. The predicted molar refractivity (Wildman–Crippen MR) is 82.6 cm³/mol. The zero-order valence-electron chi connectivity index (χ0n) is 13.2. The Morgan fingerprint density at radius 3 is 2.50 bits per heavy atom. The summed E-state index contributed by atoms with van der Waals surface area (Å²) in [5.74, 6) is -0.536. The quantitative estimate of drug-likeness (QED) is 0.552. The largest absolute Gasteiger partial charge is 0.493 e. The van der Waals surface area contributed by atoms with Crippen LogP contribution in [-0.4, -0.2) is 64.2 Å². The van der Waals surface area contributed by atoms with Gasteiger partial charge in [-0.1, -0.05) is 6.07 Å². The van der Waals surface area contributed by atoms with Crippen LogP contribution in [0.2, 0.25) is 0 Å². The van der Waals surface area contributed by atoms with Gasteiger partial charge in [0.2, 0.25) is 6.29 Å². The Labute approximate surface area is 138 Å². The van der Waals surface area contributed by atoms with Crippen molar-refractivity contribution in [2.75, 3.05) is 7.11 Å². The molecule has 4 N–H and O–H groups in total. The first-order valence-corrected chi connectivity index (χ1v) is 7.29. The minimum absolute atomic E-state index is 0.241. The van der Waals surface area contributed by atoms with Gasteiger partial charge in [-0.25, -0.2) is 4.79 Å². The summed E-state index contributed by atoms with van der Waals surface area (Å²) in [6, 6.07) is 4.68. The molecule has 1 heterocycles. The number of rotatable bonds is 5. The van der Waals surface area contributed by atoms with Crippen molar-refractivity contribution in [2.45, 2.75) is 37.6 Å². The summed E-state index contributed by atoms with van der Waals surface area (Å²) in [7, 11) is 1.41. The van der Waals surface area contributed by atoms with E-state index in [0.29, 0.717) is 11.3 Å². The topological polar surface area (TPSA) is 126 Å². The fourth-order valence-corrected chi connectivity index (χ4v) is 2.29. The Kier molecular flexibility index (Phi) is 5.79. The molecule has 0 radical (unpaired) electrons. The molecule has 1 fully saturated rings. The van der Waals surface area contributed by atoms with E-state index < -0.39 is 36.7 Å². The zero-order valence-corrected chi connectivity index (χ0v) is 13.2. The van der Waals surface area contributed by atoms with Crippen molar-refractivity contribution < 1.29 is 39.4 Å². The first kappa shape index (κ1) is 18.2. The molecule has 5 atom stereocenters. The molecule has 8 heteroatoms. The number of benzene rings is 1. The number of aliphatic carboxylic acids is 1. The van der Waals surface area contributed by atoms with Gasteiger partial charge in [0.1, 0.15) is 18.3 Å². The summed E-state index contributed by atoms with van der Waals surface area (Å²) in [5.41, 5.74) is 0.579. The van der Waals surface area contributed by atoms with Crippen LogP contribution in [0.4, 0.5) is 0 Å². The predicted octanol–water partition coefficient (Wildman–Crippen LogP) is -0.000700. The van der Waals surface area contributed by atoms with Crippen LogP contribution in [0.3, 0.4) is 0 Å². The molecule has 5 unspecified atom stereocenters. The second-order valence-corrected chi connectivity index (χ2v) is 5.38. The van der Waals surface area contributed by atoms with Crippen LogP contribution in [0.1, 0.15) is 12.5 Å². The summed E-state index contributed by atoms with van der Waals surface area (Å²) in [6.45, 7) is 1.55. The second kappa shape index (κ2) is 7.63. The molecule has 0 aliphatic carbocycles. The van der Waals surface area contributed by atoms with E-state index in [4.69, 9.17) is 19.3 Å². The van der Waals surface area contributed by atoms with Crippen LogP contribution in [0, 0.1) is 0 Å². The Hall–Kier alpha value is -2.13. The maximum absolute atomic E-state index is 10.5. The number of hydrogen-bond acceptors (Lipinski definition) is 7. The fourth-order valence-electron chi connectivity index (χ4n) is 2.29. The molecule has 1 aromatic rings. The summed E-state index contributed by atoms with van der Waals surface area (Å²) in [6.07, 6.45) is -3.59. The molecule has 132 valence electrons. The number of carboxylic acids is 1. The number of carbonyl (C=O) groups is 1. The highest BCUT2D eigenvalue weighted by atomic mass is 16.7. The van der Waals surface area contributed by atoms with Gasteiger partial charge in [0.15, 0.2) is 11.5 Å². The third kappa shape index (κ3) is 4.04. The van der Waals surface area contributed by atoms with Gasteiger partial charge in [-0.05, 0) is 30.7 Å². The van der Waals surface area contributed by atoms with Gasteiger partial charge in [0.05, 0.1) is 13.2 Å². The molecule has 0 saturated carbocycles. The van der Waals surface area contributed by atoms with Crippen molar-refractivity contribution in [2.24, 2.45) is 0 Å². The van der Waals surface area contributed by atoms with Crippen LogP contribution < -0.4 is 9.47 Å². The van der Waals surface area contributed by atoms with E-state index in [9.17, 15) is 20.1 Å². The highest BCUT2D eigenvalue weighted by molar-refractivity contribution is 5.85. The van der Waals surface area contributed by atoms with E-state index in [2.05, 4.69) is 0 Å². The third-order valence-electron chi connectivity index (χ3n) is 3.66. The summed E-state index contributed by atoms with van der Waals surface area (Å²) in [5, 5.41) is 38.1. The maximum Gasteiger partial charge on any atom is 0.328 e. The minimum atomic E-state index is -1.44. The van der Waals surface area contributed by atoms with Crippen molar-refractivity contribution in [3.05, 3.63) is 29.8 Å². The monoisotopic (exact) mass is 340 g/mol. The van der Waals surface area contributed by atoms with Gasteiger partial charge in [0.25, 0.3) is 0 Å². The summed E-state index contributed by atoms with van der Waals surface area (Å²) in [4.78, 5) is 10.5. The molecular formula is C16H20O8. The zero-order chi connectivity index (χ0) is 17.9. The Balaban J connectivity index is 2.18. The molecule has 1 saturated heterocycles. The molecule has 0 bridgehead atoms. The molecule has 8 nitrogen and oxygen atoms in total. The van der Waals surface area contributed by atoms with Crippen LogP contribution in [0.15, 0.2) is 24.3 Å². The van der Waals surface area contributed by atoms with E-state index >= 15 is 0 Å². The number of aliphatic hydroxyl groups is 3. The van der Waals surface area contributed by atoms with E-state index in [1.165, 1.54) is 19.3 Å². The van der Waals surface area contributed by atoms with Crippen molar-refractivity contribution in [1.29, 1.82) is 0 Å². The lowest BCUT2D eigenvalue weighted by molar-refractivity contribution is -0.268. The first-order valence-electron chi connectivity index (χ1n) is 7.29. The number of aliphatic hydroxyl groups excluding tert-OH is 3. The van der Waals surface area contributed by atoms with E-state index in [-0.39, 0.29) is 5.75 Å². The highest BCUT2D eigenvalue weighted by Crippen LogP contribution is 2.32. The number of carboxylic acid groups (broad SMARTS) is 1. The molecule has 2 rings (SSSR count). The van der Waals surface area contributed by atoms with Crippen molar-refractivity contribution in [3.63, 3.8) is 0 Å². The van der Waals surface area contributed by atoms with Crippen LogP contribution >= 0.6 is 0 Å². The Bertz CT molecular complexity index is 614. The molecular weight excluding hydrogens is 320 g/mol. The molecule has 0 amide bonds. The lowest BCUT2D eigenvalue weighted by atomic mass is 10.00. The van der Waals surface area contributed by atoms with Gasteiger partial charge >= 0.3 is 5.97 Å². The second-order valence-electron chi connectivity index (χ2n) is 5.38. The van der Waals surface area contributed by atoms with Gasteiger partial charge in [-0.15, -0.1) is 0 Å². The lowest BCUT2D eigenvalue weighted by Gasteiger charge is -2.39. The van der Waals surface area contributed by atoms with E-state index in [1.54, 1.807) is 19.1 Å². The molecule has 0 spiro atoms. The standard InChI is InChI=1S/C16H20O8/c1-8-13(19)14(20)15(21)16(23-8)24-10-5-3-9(4-6-12(17)18)7-11(10)22-2/h3-8,13-16,19-21H,1-2H3,(H,17,18). The molecule has 1 aromatic carbocycles. The van der Waals surface area contributed by atoms with E-state index in [0.717, 1.165) is 6.08 Å².